The van der Waals surface area contributed by atoms with Gasteiger partial charge in [-0.15, -0.1) is 0 Å². The molecule has 0 rings (SSSR count). The van der Waals surface area contributed by atoms with Gasteiger partial charge in [0.2, 0.25) is 0 Å². The molecule has 0 bridgehead atoms. The summed E-state index contributed by atoms with van der Waals surface area (Å²) in [6.45, 7) is 14.5. The number of aliphatic carboxylic acids is 4. The van der Waals surface area contributed by atoms with Gasteiger partial charge in [0.1, 0.15) is 22.4 Å². The number of carbonyl (C=O) groups is 4. The monoisotopic (exact) mass is 652 g/mol. The molecule has 0 aliphatic rings. The van der Waals surface area contributed by atoms with Gasteiger partial charge in [-0.2, -0.15) is 0 Å². The van der Waals surface area contributed by atoms with E-state index in [2.05, 4.69) is 0 Å². The van der Waals surface area contributed by atoms with Gasteiger partial charge in [-0.25, -0.2) is 0 Å². The first-order valence-corrected chi connectivity index (χ1v) is 15.1. The van der Waals surface area contributed by atoms with E-state index in [1.807, 2.05) is 0 Å². The Kier molecular flexibility index (Phi) is 24.4. The second kappa shape index (κ2) is 22.9. The maximum Gasteiger partial charge on any atom is 4.00 e. The van der Waals surface area contributed by atoms with Crippen molar-refractivity contribution in [1.29, 1.82) is 0 Å². The van der Waals surface area contributed by atoms with Gasteiger partial charge in [0.05, 0.1) is 50.3 Å². The van der Waals surface area contributed by atoms with Crippen molar-refractivity contribution in [2.24, 2.45) is 0 Å². The molecule has 0 unspecified atom stereocenters. The summed E-state index contributed by atoms with van der Waals surface area (Å²) in [6, 6.07) is 0. The Hall–Kier alpha value is -1.57. The zero-order valence-corrected chi connectivity index (χ0v) is 28.9. The number of carbonyl (C=O) groups excluding carboxylic acids is 4. The molecule has 0 spiro atoms. The number of ether oxygens (including phenoxy) is 4. The zero-order valence-electron chi connectivity index (χ0n) is 27.3. The summed E-state index contributed by atoms with van der Waals surface area (Å²) in [7, 11) is 0. The van der Waals surface area contributed by atoms with Gasteiger partial charge in [0.15, 0.2) is 0 Å². The van der Waals surface area contributed by atoms with Gasteiger partial charge < -0.3 is 58.6 Å². The molecule has 0 aromatic carbocycles. The molecule has 0 aliphatic heterocycles. The summed E-state index contributed by atoms with van der Waals surface area (Å²) >= 11 is 0. The molecule has 43 heavy (non-hydrogen) atoms. The molecule has 0 radical (unpaired) electrons. The predicted molar refractivity (Wildman–Crippen MR) is 146 cm³/mol. The van der Waals surface area contributed by atoms with Crippen molar-refractivity contribution in [3.63, 3.8) is 0 Å². The maximum absolute atomic E-state index is 11.1. The minimum atomic E-state index is -1.28. The number of rotatable bonds is 24. The van der Waals surface area contributed by atoms with Crippen molar-refractivity contribution in [3.05, 3.63) is 0 Å². The van der Waals surface area contributed by atoms with Crippen molar-refractivity contribution in [3.8, 4) is 0 Å². The molecule has 0 saturated carbocycles. The molecule has 13 heteroatoms. The fraction of sp³-hybridized carbons (Fsp3) is 0.867. The number of hydrogen-bond donors (Lipinski definition) is 0. The van der Waals surface area contributed by atoms with Crippen LogP contribution in [0.1, 0.15) is 120 Å². The van der Waals surface area contributed by atoms with Gasteiger partial charge >= 0.3 is 21.7 Å². The summed E-state index contributed by atoms with van der Waals surface area (Å²) in [4.78, 5) is 44.5. The molecule has 0 heterocycles. The standard InChI is InChI=1S/2C15H28O6.Ti/c2*1-5-14(6-2,12(16)17)20-10-9-11-21-15(7-3,8-4)13(18)19;/h2*5-11H2,1-4H3,(H,16,17)(H,18,19);/q;;+4/p-4. The quantitative estimate of drug-likeness (QED) is 0.100. The summed E-state index contributed by atoms with van der Waals surface area (Å²) < 4.78 is 21.7. The topological polar surface area (TPSA) is 197 Å². The minimum absolute atomic E-state index is 0. The largest absolute Gasteiger partial charge is 4.00 e. The smallest absolute Gasteiger partial charge is 0.547 e. The van der Waals surface area contributed by atoms with E-state index in [4.69, 9.17) is 18.9 Å². The van der Waals surface area contributed by atoms with Crippen LogP contribution in [0.4, 0.5) is 0 Å². The maximum atomic E-state index is 11.1. The van der Waals surface area contributed by atoms with Crippen molar-refractivity contribution in [1.82, 2.24) is 0 Å². The molecule has 0 aromatic rings. The Balaban J connectivity index is -0.000000727. The molecule has 248 valence electrons. The van der Waals surface area contributed by atoms with Gasteiger partial charge in [0.25, 0.3) is 0 Å². The summed E-state index contributed by atoms with van der Waals surface area (Å²) in [6.07, 6.45) is 3.37. The molecule has 0 aliphatic carbocycles. The van der Waals surface area contributed by atoms with E-state index >= 15 is 0 Å². The predicted octanol–water partition coefficient (Wildman–Crippen LogP) is 0.0517. The minimum Gasteiger partial charge on any atom is -0.547 e. The molecular formula is C30H52O12Ti. The molecule has 0 amide bonds. The van der Waals surface area contributed by atoms with E-state index in [0.29, 0.717) is 64.2 Å². The third-order valence-electron chi connectivity index (χ3n) is 8.15. The fourth-order valence-electron chi connectivity index (χ4n) is 4.39. The Bertz CT molecular complexity index is 671. The first-order valence-electron chi connectivity index (χ1n) is 15.1. The molecular weight excluding hydrogens is 600 g/mol. The van der Waals surface area contributed by atoms with Crippen LogP contribution in [-0.2, 0) is 59.8 Å². The molecule has 0 fully saturated rings. The van der Waals surface area contributed by atoms with Crippen LogP contribution in [-0.4, -0.2) is 72.7 Å². The van der Waals surface area contributed by atoms with E-state index in [1.54, 1.807) is 55.4 Å². The van der Waals surface area contributed by atoms with Crippen molar-refractivity contribution in [2.75, 3.05) is 26.4 Å². The number of carboxylic acid groups (broad SMARTS) is 4. The summed E-state index contributed by atoms with van der Waals surface area (Å²) in [5.74, 6) is -4.89. The third-order valence-corrected chi connectivity index (χ3v) is 8.15. The Morgan fingerprint density at radius 2 is 0.535 bits per heavy atom. The first kappa shape index (κ1) is 45.9. The van der Waals surface area contributed by atoms with Crippen LogP contribution in [0, 0.1) is 0 Å². The normalized spacial score (nSPS) is 12.1. The zero-order chi connectivity index (χ0) is 33.0. The summed E-state index contributed by atoms with van der Waals surface area (Å²) in [5.41, 5.74) is -5.11. The molecule has 0 atom stereocenters. The van der Waals surface area contributed by atoms with E-state index in [1.165, 1.54) is 0 Å². The number of carboxylic acids is 4. The van der Waals surface area contributed by atoms with E-state index in [0.717, 1.165) is 0 Å². The average Bonchev–Trinajstić information content (AvgIpc) is 2.97. The van der Waals surface area contributed by atoms with Crippen LogP contribution in [0.25, 0.3) is 0 Å². The van der Waals surface area contributed by atoms with Crippen LogP contribution >= 0.6 is 0 Å². The molecule has 0 aromatic heterocycles. The van der Waals surface area contributed by atoms with Crippen molar-refractivity contribution >= 4 is 23.9 Å². The van der Waals surface area contributed by atoms with Crippen molar-refractivity contribution < 1.29 is 80.3 Å². The average molecular weight is 653 g/mol. The van der Waals surface area contributed by atoms with E-state index < -0.39 is 46.3 Å². The van der Waals surface area contributed by atoms with E-state index in [-0.39, 0.29) is 48.1 Å². The SMILES string of the molecule is CCC(CC)(OCCCOC(CC)(CC)C(=O)[O-])C(=O)[O-].CCC(CC)(OCCCOC(CC)(CC)C(=O)[O-])C(=O)[O-].[Ti+4]. The summed E-state index contributed by atoms with van der Waals surface area (Å²) in [5, 5.41) is 44.5. The van der Waals surface area contributed by atoms with Crippen molar-refractivity contribution in [2.45, 2.75) is 142 Å². The Morgan fingerprint density at radius 3 is 0.628 bits per heavy atom. The van der Waals surface area contributed by atoms with Crippen LogP contribution < -0.4 is 20.4 Å². The third kappa shape index (κ3) is 13.5. The van der Waals surface area contributed by atoms with Gasteiger partial charge in [-0.05, 0) is 64.2 Å². The van der Waals surface area contributed by atoms with Gasteiger partial charge in [0, 0.05) is 0 Å². The second-order valence-electron chi connectivity index (χ2n) is 10.1. The molecule has 0 saturated heterocycles. The van der Waals surface area contributed by atoms with Crippen LogP contribution in [0.5, 0.6) is 0 Å². The number of hydrogen-bond acceptors (Lipinski definition) is 12. The van der Waals surface area contributed by atoms with E-state index in [9.17, 15) is 39.6 Å². The van der Waals surface area contributed by atoms with Crippen LogP contribution in [0.3, 0.4) is 0 Å². The first-order chi connectivity index (χ1) is 19.7. The fourth-order valence-corrected chi connectivity index (χ4v) is 4.39. The van der Waals surface area contributed by atoms with Gasteiger partial charge in [-0.1, -0.05) is 55.4 Å². The Morgan fingerprint density at radius 1 is 0.395 bits per heavy atom. The molecule has 0 N–H and O–H groups in total. The van der Waals surface area contributed by atoms with Crippen LogP contribution in [0.2, 0.25) is 0 Å². The Labute approximate surface area is 272 Å². The van der Waals surface area contributed by atoms with Crippen LogP contribution in [0.15, 0.2) is 0 Å². The van der Waals surface area contributed by atoms with Gasteiger partial charge in [-0.3, -0.25) is 0 Å². The second-order valence-corrected chi connectivity index (χ2v) is 10.1. The molecule has 12 nitrogen and oxygen atoms in total.